The molecule has 1 fully saturated rings. The van der Waals surface area contributed by atoms with E-state index in [9.17, 15) is 31.2 Å². The van der Waals surface area contributed by atoms with Crippen LogP contribution >= 0.6 is 0 Å². The van der Waals surface area contributed by atoms with Gasteiger partial charge in [-0.2, -0.15) is 17.5 Å². The van der Waals surface area contributed by atoms with E-state index >= 15 is 0 Å². The van der Waals surface area contributed by atoms with Crippen LogP contribution < -0.4 is 0 Å². The summed E-state index contributed by atoms with van der Waals surface area (Å²) in [4.78, 5) is 22.3. The van der Waals surface area contributed by atoms with E-state index in [0.29, 0.717) is 4.31 Å². The second-order valence-electron chi connectivity index (χ2n) is 5.06. The maximum atomic E-state index is 12.9. The zero-order valence-corrected chi connectivity index (χ0v) is 12.9. The van der Waals surface area contributed by atoms with Crippen molar-refractivity contribution in [3.63, 3.8) is 0 Å². The van der Waals surface area contributed by atoms with Gasteiger partial charge in [0.15, 0.2) is 0 Å². The molecular weight excluding hydrogens is 359 g/mol. The van der Waals surface area contributed by atoms with E-state index in [-0.39, 0.29) is 5.56 Å². The van der Waals surface area contributed by atoms with Gasteiger partial charge in [-0.05, 0) is 0 Å². The average molecular weight is 371 g/mol. The Bertz CT molecular complexity index is 755. The number of aliphatic carboxylic acids is 1. The molecule has 1 aromatic rings. The fourth-order valence-corrected chi connectivity index (χ4v) is 3.76. The number of furan rings is 1. The van der Waals surface area contributed by atoms with Gasteiger partial charge in [0, 0.05) is 19.2 Å². The highest BCUT2D eigenvalue weighted by molar-refractivity contribution is 7.89. The molecule has 2 rings (SSSR count). The van der Waals surface area contributed by atoms with Gasteiger partial charge in [-0.15, -0.1) is 0 Å². The molecule has 0 radical (unpaired) electrons. The number of halogens is 3. The third-order valence-electron chi connectivity index (χ3n) is 3.61. The zero-order valence-electron chi connectivity index (χ0n) is 12.1. The summed E-state index contributed by atoms with van der Waals surface area (Å²) >= 11 is 0. The first kappa shape index (κ1) is 18.3. The van der Waals surface area contributed by atoms with E-state index in [1.54, 1.807) is 0 Å². The molecule has 1 aliphatic heterocycles. The lowest BCUT2D eigenvalue weighted by Gasteiger charge is -2.17. The number of carbonyl (C=O) groups excluding carboxylic acids is 1. The molecule has 0 amide bonds. The number of rotatable bonds is 4. The number of hydrogen-bond donors (Lipinski definition) is 1. The molecule has 12 heteroatoms. The summed E-state index contributed by atoms with van der Waals surface area (Å²) in [6.07, 6.45) is -4.08. The predicted molar refractivity (Wildman–Crippen MR) is 69.5 cm³/mol. The Kier molecular flexibility index (Phi) is 4.63. The number of methoxy groups -OCH3 is 1. The van der Waals surface area contributed by atoms with Gasteiger partial charge in [0.1, 0.15) is 6.26 Å². The van der Waals surface area contributed by atoms with Crippen LogP contribution in [0.3, 0.4) is 0 Å². The third-order valence-corrected chi connectivity index (χ3v) is 5.32. The number of carbonyl (C=O) groups is 2. The lowest BCUT2D eigenvalue weighted by molar-refractivity contribution is -0.187. The molecule has 134 valence electrons. The van der Waals surface area contributed by atoms with E-state index < -0.39 is 58.2 Å². The smallest absolute Gasteiger partial charge is 0.393 e. The monoisotopic (exact) mass is 371 g/mol. The number of ether oxygens (including phenoxy) is 1. The average Bonchev–Trinajstić information content (AvgIpc) is 3.13. The van der Waals surface area contributed by atoms with E-state index in [2.05, 4.69) is 4.74 Å². The Balaban J connectivity index is 2.32. The topological polar surface area (TPSA) is 114 Å². The number of carboxylic acids is 1. The van der Waals surface area contributed by atoms with Gasteiger partial charge >= 0.3 is 18.1 Å². The summed E-state index contributed by atoms with van der Waals surface area (Å²) in [5, 5.41) is 8.14. The van der Waals surface area contributed by atoms with Crippen LogP contribution in [0, 0.1) is 11.8 Å². The lowest BCUT2D eigenvalue weighted by atomic mass is 9.96. The molecule has 0 saturated carbocycles. The van der Waals surface area contributed by atoms with E-state index in [4.69, 9.17) is 9.52 Å². The van der Waals surface area contributed by atoms with Crippen molar-refractivity contribution in [3.05, 3.63) is 17.9 Å². The summed E-state index contributed by atoms with van der Waals surface area (Å²) in [5.41, 5.74) is -0.238. The Morgan fingerprint density at radius 1 is 1.38 bits per heavy atom. The van der Waals surface area contributed by atoms with Crippen molar-refractivity contribution in [2.75, 3.05) is 20.2 Å². The lowest BCUT2D eigenvalue weighted by Crippen LogP contribution is -2.34. The zero-order chi connectivity index (χ0) is 18.3. The van der Waals surface area contributed by atoms with Gasteiger partial charge in [-0.3, -0.25) is 4.79 Å². The minimum atomic E-state index is -4.87. The normalized spacial score (nSPS) is 22.5. The van der Waals surface area contributed by atoms with Crippen molar-refractivity contribution in [3.8, 4) is 0 Å². The molecule has 1 saturated heterocycles. The molecule has 24 heavy (non-hydrogen) atoms. The first-order valence-corrected chi connectivity index (χ1v) is 7.89. The van der Waals surface area contributed by atoms with Crippen molar-refractivity contribution in [2.24, 2.45) is 11.8 Å². The maximum Gasteiger partial charge on any atom is 0.393 e. The van der Waals surface area contributed by atoms with Crippen molar-refractivity contribution in [1.29, 1.82) is 0 Å². The van der Waals surface area contributed by atoms with E-state index in [1.165, 1.54) is 0 Å². The van der Waals surface area contributed by atoms with Crippen molar-refractivity contribution < 1.29 is 45.4 Å². The Labute approximate surface area is 133 Å². The minimum Gasteiger partial charge on any atom is -0.481 e. The Morgan fingerprint density at radius 2 is 2.00 bits per heavy atom. The molecule has 1 aliphatic rings. The highest BCUT2D eigenvalue weighted by atomic mass is 32.2. The van der Waals surface area contributed by atoms with E-state index in [0.717, 1.165) is 19.4 Å². The predicted octanol–water partition coefficient (Wildman–Crippen LogP) is 0.950. The van der Waals surface area contributed by atoms with Gasteiger partial charge in [-0.1, -0.05) is 0 Å². The summed E-state index contributed by atoms with van der Waals surface area (Å²) in [5.74, 6) is -6.89. The van der Waals surface area contributed by atoms with Crippen molar-refractivity contribution in [2.45, 2.75) is 11.3 Å². The van der Waals surface area contributed by atoms with Gasteiger partial charge < -0.3 is 14.3 Å². The molecule has 0 aliphatic carbocycles. The first-order valence-electron chi connectivity index (χ1n) is 6.45. The largest absolute Gasteiger partial charge is 0.481 e. The summed E-state index contributed by atoms with van der Waals surface area (Å²) in [7, 11) is -3.47. The van der Waals surface area contributed by atoms with Crippen LogP contribution in [0.1, 0.15) is 10.4 Å². The second kappa shape index (κ2) is 6.09. The van der Waals surface area contributed by atoms with Crippen LogP contribution in [0.15, 0.2) is 21.8 Å². The quantitative estimate of drug-likeness (QED) is 0.784. The molecule has 8 nitrogen and oxygen atoms in total. The summed E-state index contributed by atoms with van der Waals surface area (Å²) < 4.78 is 72.9. The van der Waals surface area contributed by atoms with Crippen LogP contribution in [0.4, 0.5) is 13.2 Å². The van der Waals surface area contributed by atoms with E-state index in [1.807, 2.05) is 0 Å². The highest BCUT2D eigenvalue weighted by Crippen LogP contribution is 2.39. The molecule has 0 bridgehead atoms. The minimum absolute atomic E-state index is 0.238. The van der Waals surface area contributed by atoms with Crippen LogP contribution in [0.25, 0.3) is 0 Å². The molecular formula is C12H12F3NO7S. The molecule has 0 unspecified atom stereocenters. The standard InChI is InChI=1S/C12H12F3NO7S/c1-22-11(19)6-2-9(23-5-6)24(20,21)16-3-7(10(17)18)8(4-16)12(13,14)15/h2,5,7-8H,3-4H2,1H3,(H,17,18)/t7-,8-/m1/s1. The van der Waals surface area contributed by atoms with Gasteiger partial charge in [0.2, 0.25) is 5.09 Å². The first-order chi connectivity index (χ1) is 11.0. The number of alkyl halides is 3. The Morgan fingerprint density at radius 3 is 2.46 bits per heavy atom. The van der Waals surface area contributed by atoms with Crippen LogP contribution in [-0.2, 0) is 19.6 Å². The van der Waals surface area contributed by atoms with Crippen LogP contribution in [-0.4, -0.2) is 56.1 Å². The second-order valence-corrected chi connectivity index (χ2v) is 6.93. The molecule has 1 N–H and O–H groups in total. The maximum absolute atomic E-state index is 12.9. The third kappa shape index (κ3) is 3.24. The molecule has 0 aromatic carbocycles. The number of hydrogen-bond acceptors (Lipinski definition) is 6. The SMILES string of the molecule is COC(=O)c1coc(S(=O)(=O)N2C[C@@H](C(F)(F)F)[C@H](C(=O)O)C2)c1. The number of sulfonamides is 1. The summed E-state index contributed by atoms with van der Waals surface area (Å²) in [6, 6.07) is 0.803. The van der Waals surface area contributed by atoms with Gasteiger partial charge in [-0.25, -0.2) is 13.2 Å². The molecule has 1 aromatic heterocycles. The summed E-state index contributed by atoms with van der Waals surface area (Å²) in [6.45, 7) is -1.90. The molecule has 2 atom stereocenters. The van der Waals surface area contributed by atoms with Crippen molar-refractivity contribution in [1.82, 2.24) is 4.31 Å². The highest BCUT2D eigenvalue weighted by Gasteiger charge is 2.55. The van der Waals surface area contributed by atoms with Crippen LogP contribution in [0.5, 0.6) is 0 Å². The van der Waals surface area contributed by atoms with Crippen molar-refractivity contribution >= 4 is 22.0 Å². The number of carboxylic acid groups (broad SMARTS) is 1. The number of esters is 1. The Hall–Kier alpha value is -2.08. The van der Waals surface area contributed by atoms with Crippen LogP contribution in [0.2, 0.25) is 0 Å². The van der Waals surface area contributed by atoms with Gasteiger partial charge in [0.05, 0.1) is 24.5 Å². The fraction of sp³-hybridized carbons (Fsp3) is 0.500. The van der Waals surface area contributed by atoms with Gasteiger partial charge in [0.25, 0.3) is 10.0 Å². The number of nitrogens with zero attached hydrogens (tertiary/aromatic N) is 1. The fourth-order valence-electron chi connectivity index (χ4n) is 2.35. The molecule has 2 heterocycles. The molecule has 0 spiro atoms.